The second-order valence-electron chi connectivity index (χ2n) is 7.29. The van der Waals surface area contributed by atoms with Crippen molar-refractivity contribution in [2.24, 2.45) is 18.9 Å². The van der Waals surface area contributed by atoms with Crippen LogP contribution in [0.3, 0.4) is 0 Å². The van der Waals surface area contributed by atoms with Gasteiger partial charge in [-0.1, -0.05) is 5.16 Å². The molecule has 0 radical (unpaired) electrons. The van der Waals surface area contributed by atoms with Crippen LogP contribution in [0.1, 0.15) is 24.2 Å². The molecule has 2 aromatic rings. The number of hydrogen-bond acceptors (Lipinski definition) is 6. The van der Waals surface area contributed by atoms with Crippen molar-refractivity contribution in [3.8, 4) is 0 Å². The van der Waals surface area contributed by atoms with Crippen LogP contribution in [0.15, 0.2) is 29.4 Å². The van der Waals surface area contributed by atoms with Gasteiger partial charge in [-0.15, -0.1) is 0 Å². The minimum atomic E-state index is 0.0102. The zero-order valence-electron chi connectivity index (χ0n) is 15.0. The Morgan fingerprint density at radius 1 is 1.46 bits per heavy atom. The fourth-order valence-electron chi connectivity index (χ4n) is 4.05. The van der Waals surface area contributed by atoms with Gasteiger partial charge < -0.3 is 19.1 Å². The van der Waals surface area contributed by atoms with E-state index in [2.05, 4.69) is 24.9 Å². The lowest BCUT2D eigenvalue weighted by Crippen LogP contribution is -2.42. The number of carbonyl (C=O) groups is 1. The number of carbonyl (C=O) groups excluding carboxylic acids is 1. The van der Waals surface area contributed by atoms with E-state index in [0.29, 0.717) is 24.8 Å². The van der Waals surface area contributed by atoms with Gasteiger partial charge in [-0.05, 0) is 18.9 Å². The summed E-state index contributed by atoms with van der Waals surface area (Å²) in [7, 11) is 2.03. The summed E-state index contributed by atoms with van der Waals surface area (Å²) in [5.74, 6) is 0.983. The number of ether oxygens (including phenoxy) is 1. The van der Waals surface area contributed by atoms with Gasteiger partial charge in [-0.2, -0.15) is 0 Å². The van der Waals surface area contributed by atoms with Crippen molar-refractivity contribution < 1.29 is 14.1 Å². The van der Waals surface area contributed by atoms with Gasteiger partial charge >= 0.3 is 0 Å². The number of amides is 1. The van der Waals surface area contributed by atoms with Crippen LogP contribution in [-0.2, 0) is 29.7 Å². The van der Waals surface area contributed by atoms with Gasteiger partial charge in [-0.25, -0.2) is 4.98 Å². The predicted octanol–water partition coefficient (Wildman–Crippen LogP) is 0.951. The van der Waals surface area contributed by atoms with E-state index in [0.717, 1.165) is 38.4 Å². The maximum atomic E-state index is 12.2. The first-order chi connectivity index (χ1) is 12.7. The van der Waals surface area contributed by atoms with E-state index in [1.54, 1.807) is 6.07 Å². The number of hydrogen-bond donors (Lipinski definition) is 1. The number of aryl methyl sites for hydroxylation is 1. The molecule has 4 heterocycles. The van der Waals surface area contributed by atoms with Crippen molar-refractivity contribution in [1.82, 2.24) is 24.9 Å². The Balaban J connectivity index is 1.25. The second-order valence-corrected chi connectivity index (χ2v) is 7.29. The number of likely N-dealkylation sites (tertiary alicyclic amines) is 1. The first-order valence-corrected chi connectivity index (χ1v) is 9.14. The molecule has 2 fully saturated rings. The molecule has 2 saturated heterocycles. The van der Waals surface area contributed by atoms with Crippen LogP contribution in [0, 0.1) is 11.8 Å². The molecule has 0 spiro atoms. The summed E-state index contributed by atoms with van der Waals surface area (Å²) in [6.45, 7) is 4.12. The average molecular weight is 359 g/mol. The normalized spacial score (nSPS) is 26.0. The highest BCUT2D eigenvalue weighted by molar-refractivity contribution is 5.76. The molecule has 3 atom stereocenters. The fraction of sp³-hybridized carbons (Fsp3) is 0.611. The third-order valence-electron chi connectivity index (χ3n) is 5.53. The van der Waals surface area contributed by atoms with E-state index in [4.69, 9.17) is 9.26 Å². The van der Waals surface area contributed by atoms with Crippen molar-refractivity contribution >= 4 is 5.91 Å². The number of nitrogens with zero attached hydrogens (tertiary/aromatic N) is 4. The molecule has 1 N–H and O–H groups in total. The molecule has 140 valence electrons. The summed E-state index contributed by atoms with van der Waals surface area (Å²) < 4.78 is 12.8. The Kier molecular flexibility index (Phi) is 5.03. The molecule has 1 amide bonds. The summed E-state index contributed by atoms with van der Waals surface area (Å²) in [4.78, 5) is 18.9. The molecule has 8 nitrogen and oxygen atoms in total. The van der Waals surface area contributed by atoms with Crippen molar-refractivity contribution in [3.63, 3.8) is 0 Å². The molecule has 2 aromatic heterocycles. The minimum Gasteiger partial charge on any atom is -0.377 e. The van der Waals surface area contributed by atoms with Crippen LogP contribution in [0.5, 0.6) is 0 Å². The highest BCUT2D eigenvalue weighted by Crippen LogP contribution is 2.36. The fourth-order valence-corrected chi connectivity index (χ4v) is 4.05. The third-order valence-corrected chi connectivity index (χ3v) is 5.53. The summed E-state index contributed by atoms with van der Waals surface area (Å²) in [5.41, 5.74) is 1.96. The SMILES string of the molecule is Cn1cncc1CN1CC[C@@H]2[C@@H](CO[C@H]2CC(=O)NCc2ccon2)C1. The van der Waals surface area contributed by atoms with Crippen molar-refractivity contribution in [3.05, 3.63) is 36.2 Å². The Morgan fingerprint density at radius 3 is 3.15 bits per heavy atom. The molecule has 2 aliphatic rings. The Labute approximate surface area is 152 Å². The van der Waals surface area contributed by atoms with E-state index >= 15 is 0 Å². The summed E-state index contributed by atoms with van der Waals surface area (Å²) in [6, 6.07) is 1.75. The van der Waals surface area contributed by atoms with E-state index < -0.39 is 0 Å². The van der Waals surface area contributed by atoms with Crippen molar-refractivity contribution in [1.29, 1.82) is 0 Å². The largest absolute Gasteiger partial charge is 0.377 e. The van der Waals surface area contributed by atoms with Gasteiger partial charge in [0.1, 0.15) is 12.0 Å². The van der Waals surface area contributed by atoms with E-state index in [1.807, 2.05) is 19.6 Å². The molecule has 0 unspecified atom stereocenters. The smallest absolute Gasteiger partial charge is 0.222 e. The van der Waals surface area contributed by atoms with E-state index in [9.17, 15) is 4.79 Å². The number of fused-ring (bicyclic) bond motifs is 1. The molecular weight excluding hydrogens is 334 g/mol. The number of rotatable bonds is 6. The Bertz CT molecular complexity index is 729. The zero-order chi connectivity index (χ0) is 17.9. The van der Waals surface area contributed by atoms with Crippen molar-refractivity contribution in [2.45, 2.75) is 32.0 Å². The average Bonchev–Trinajstić information content (AvgIpc) is 3.36. The molecule has 0 aromatic carbocycles. The van der Waals surface area contributed by atoms with Gasteiger partial charge in [0, 0.05) is 38.3 Å². The second kappa shape index (κ2) is 7.59. The number of nitrogens with one attached hydrogen (secondary N) is 1. The van der Waals surface area contributed by atoms with Gasteiger partial charge in [0.2, 0.25) is 5.91 Å². The van der Waals surface area contributed by atoms with Crippen LogP contribution < -0.4 is 5.32 Å². The lowest BCUT2D eigenvalue weighted by molar-refractivity contribution is -0.124. The monoisotopic (exact) mass is 359 g/mol. The van der Waals surface area contributed by atoms with E-state index in [1.165, 1.54) is 12.0 Å². The number of aromatic nitrogens is 3. The van der Waals surface area contributed by atoms with Crippen LogP contribution in [0.25, 0.3) is 0 Å². The standard InChI is InChI=1S/C18H25N5O3/c1-22-12-19-8-15(22)10-23-4-2-16-13(9-23)11-25-17(16)6-18(24)20-7-14-3-5-26-21-14/h3,5,8,12-13,16-17H,2,4,6-7,9-11H2,1H3,(H,20,24)/t13-,16-,17+/m1/s1. The first kappa shape index (κ1) is 17.2. The maximum Gasteiger partial charge on any atom is 0.222 e. The first-order valence-electron chi connectivity index (χ1n) is 9.14. The van der Waals surface area contributed by atoms with Crippen molar-refractivity contribution in [2.75, 3.05) is 19.7 Å². The van der Waals surface area contributed by atoms with Gasteiger partial charge in [0.15, 0.2) is 0 Å². The molecule has 4 rings (SSSR count). The number of piperidine rings is 1. The maximum absolute atomic E-state index is 12.2. The molecule has 0 bridgehead atoms. The highest BCUT2D eigenvalue weighted by atomic mass is 16.5. The van der Waals surface area contributed by atoms with Gasteiger partial charge in [-0.3, -0.25) is 9.69 Å². The lowest BCUT2D eigenvalue weighted by atomic mass is 9.83. The molecule has 26 heavy (non-hydrogen) atoms. The summed E-state index contributed by atoms with van der Waals surface area (Å²) >= 11 is 0. The van der Waals surface area contributed by atoms with Gasteiger partial charge in [0.05, 0.1) is 37.7 Å². The number of imidazole rings is 1. The van der Waals surface area contributed by atoms with E-state index in [-0.39, 0.29) is 12.0 Å². The molecule has 8 heteroatoms. The summed E-state index contributed by atoms with van der Waals surface area (Å²) in [6.07, 6.45) is 6.79. The molecular formula is C18H25N5O3. The Morgan fingerprint density at radius 2 is 2.38 bits per heavy atom. The molecule has 0 aliphatic carbocycles. The topological polar surface area (TPSA) is 85.4 Å². The molecule has 2 aliphatic heterocycles. The molecule has 0 saturated carbocycles. The quantitative estimate of drug-likeness (QED) is 0.827. The Hall–Kier alpha value is -2.19. The van der Waals surface area contributed by atoms with Crippen LogP contribution in [0.2, 0.25) is 0 Å². The predicted molar refractivity (Wildman–Crippen MR) is 92.8 cm³/mol. The van der Waals surface area contributed by atoms with Crippen LogP contribution in [0.4, 0.5) is 0 Å². The van der Waals surface area contributed by atoms with Crippen LogP contribution in [-0.4, -0.2) is 51.3 Å². The lowest BCUT2D eigenvalue weighted by Gasteiger charge is -2.35. The summed E-state index contributed by atoms with van der Waals surface area (Å²) in [5, 5.41) is 6.69. The highest BCUT2D eigenvalue weighted by Gasteiger charge is 2.41. The third kappa shape index (κ3) is 3.81. The van der Waals surface area contributed by atoms with Gasteiger partial charge in [0.25, 0.3) is 0 Å². The van der Waals surface area contributed by atoms with Crippen LogP contribution >= 0.6 is 0 Å². The zero-order valence-corrected chi connectivity index (χ0v) is 15.0. The minimum absolute atomic E-state index is 0.0102.